The summed E-state index contributed by atoms with van der Waals surface area (Å²) in [6.07, 6.45) is 0.757. The van der Waals surface area contributed by atoms with Gasteiger partial charge in [-0.05, 0) is 6.92 Å². The molecule has 1 aliphatic rings. The van der Waals surface area contributed by atoms with E-state index in [1.54, 1.807) is 0 Å². The maximum Gasteiger partial charge on any atom is 0.234 e. The first kappa shape index (κ1) is 12.9. The van der Waals surface area contributed by atoms with Crippen LogP contribution in [0.5, 0.6) is 0 Å². The van der Waals surface area contributed by atoms with E-state index in [9.17, 15) is 4.79 Å². The molecule has 1 aromatic carbocycles. The first-order chi connectivity index (χ1) is 9.66. The lowest BCUT2D eigenvalue weighted by molar-refractivity contribution is -0.123. The van der Waals surface area contributed by atoms with Gasteiger partial charge in [0.05, 0.1) is 6.04 Å². The number of primary amides is 1. The van der Waals surface area contributed by atoms with E-state index in [-0.39, 0.29) is 11.9 Å². The Morgan fingerprint density at radius 3 is 2.85 bits per heavy atom. The van der Waals surface area contributed by atoms with Crippen molar-refractivity contribution >= 4 is 5.91 Å². The Kier molecular flexibility index (Phi) is 3.28. The lowest BCUT2D eigenvalue weighted by Gasteiger charge is -2.29. The van der Waals surface area contributed by atoms with E-state index in [1.807, 2.05) is 37.3 Å². The van der Waals surface area contributed by atoms with Crippen LogP contribution in [0.3, 0.4) is 0 Å². The third-order valence-corrected chi connectivity index (χ3v) is 3.86. The van der Waals surface area contributed by atoms with Crippen molar-refractivity contribution in [1.29, 1.82) is 0 Å². The van der Waals surface area contributed by atoms with Crippen LogP contribution in [-0.4, -0.2) is 28.6 Å². The number of carbonyl (C=O) groups is 1. The average molecular weight is 271 g/mol. The van der Waals surface area contributed by atoms with Crippen molar-refractivity contribution in [2.75, 3.05) is 6.54 Å². The van der Waals surface area contributed by atoms with Crippen LogP contribution in [0, 0.1) is 0 Å². The number of carbonyl (C=O) groups excluding carboxylic acids is 1. The molecule has 0 saturated heterocycles. The van der Waals surface area contributed by atoms with Gasteiger partial charge in [-0.2, -0.15) is 0 Å². The van der Waals surface area contributed by atoms with E-state index in [2.05, 4.69) is 10.1 Å². The zero-order chi connectivity index (χ0) is 14.1. The van der Waals surface area contributed by atoms with Gasteiger partial charge < -0.3 is 10.3 Å². The minimum atomic E-state index is -0.300. The van der Waals surface area contributed by atoms with Gasteiger partial charge in [-0.1, -0.05) is 35.5 Å². The molecule has 5 nitrogen and oxygen atoms in total. The fraction of sp³-hybridized carbons (Fsp3) is 0.333. The number of nitrogens with zero attached hydrogens (tertiary/aromatic N) is 2. The summed E-state index contributed by atoms with van der Waals surface area (Å²) in [5.74, 6) is 0.614. The van der Waals surface area contributed by atoms with Crippen molar-refractivity contribution in [3.63, 3.8) is 0 Å². The van der Waals surface area contributed by atoms with Crippen LogP contribution in [0.1, 0.15) is 18.2 Å². The van der Waals surface area contributed by atoms with Crippen molar-refractivity contribution < 1.29 is 9.32 Å². The molecule has 0 spiro atoms. The molecule has 0 saturated carbocycles. The highest BCUT2D eigenvalue weighted by atomic mass is 16.5. The topological polar surface area (TPSA) is 72.4 Å². The van der Waals surface area contributed by atoms with E-state index in [0.717, 1.165) is 35.5 Å². The molecule has 20 heavy (non-hydrogen) atoms. The van der Waals surface area contributed by atoms with Crippen molar-refractivity contribution in [3.8, 4) is 11.3 Å². The second-order valence-electron chi connectivity index (χ2n) is 5.10. The zero-order valence-corrected chi connectivity index (χ0v) is 11.4. The second-order valence-corrected chi connectivity index (χ2v) is 5.10. The van der Waals surface area contributed by atoms with E-state index in [4.69, 9.17) is 10.3 Å². The van der Waals surface area contributed by atoms with Crippen LogP contribution in [0.4, 0.5) is 0 Å². The first-order valence-corrected chi connectivity index (χ1v) is 6.73. The second kappa shape index (κ2) is 5.09. The number of hydrogen-bond acceptors (Lipinski definition) is 4. The summed E-state index contributed by atoms with van der Waals surface area (Å²) in [6.45, 7) is 3.25. The lowest BCUT2D eigenvalue weighted by atomic mass is 10.0. The maximum atomic E-state index is 11.3. The molecule has 3 rings (SSSR count). The molecule has 1 amide bonds. The number of benzene rings is 1. The molecule has 0 bridgehead atoms. The summed E-state index contributed by atoms with van der Waals surface area (Å²) in [6, 6.07) is 9.66. The molecule has 0 radical (unpaired) electrons. The van der Waals surface area contributed by atoms with Crippen LogP contribution < -0.4 is 5.73 Å². The third-order valence-electron chi connectivity index (χ3n) is 3.86. The van der Waals surface area contributed by atoms with Crippen LogP contribution >= 0.6 is 0 Å². The minimum Gasteiger partial charge on any atom is -0.368 e. The smallest absolute Gasteiger partial charge is 0.234 e. The van der Waals surface area contributed by atoms with Gasteiger partial charge in [-0.25, -0.2) is 0 Å². The Morgan fingerprint density at radius 2 is 2.15 bits per heavy atom. The predicted octanol–water partition coefficient (Wildman–Crippen LogP) is 1.57. The predicted molar refractivity (Wildman–Crippen MR) is 74.7 cm³/mol. The highest BCUT2D eigenvalue weighted by molar-refractivity contribution is 5.79. The zero-order valence-electron chi connectivity index (χ0n) is 11.4. The van der Waals surface area contributed by atoms with Crippen LogP contribution in [0.15, 0.2) is 34.9 Å². The summed E-state index contributed by atoms with van der Waals surface area (Å²) >= 11 is 0. The van der Waals surface area contributed by atoms with Gasteiger partial charge in [-0.15, -0.1) is 0 Å². The van der Waals surface area contributed by atoms with Gasteiger partial charge in [-0.3, -0.25) is 9.69 Å². The van der Waals surface area contributed by atoms with Crippen molar-refractivity contribution in [2.45, 2.75) is 25.9 Å². The third kappa shape index (κ3) is 2.20. The Morgan fingerprint density at radius 1 is 1.40 bits per heavy atom. The van der Waals surface area contributed by atoms with E-state index in [1.165, 1.54) is 0 Å². The molecule has 5 heteroatoms. The van der Waals surface area contributed by atoms with Gasteiger partial charge in [0.2, 0.25) is 5.91 Å². The van der Waals surface area contributed by atoms with Crippen LogP contribution in [-0.2, 0) is 17.8 Å². The standard InChI is InChI=1S/C15H17N3O2/c1-10(15(16)19)18-8-7-13-12(9-18)14(17-20-13)11-5-3-2-4-6-11/h2-6,10H,7-9H2,1H3,(H2,16,19)/t10-/m1/s1. The SMILES string of the molecule is C[C@H](C(N)=O)N1CCc2onc(-c3ccccc3)c2C1. The van der Waals surface area contributed by atoms with E-state index < -0.39 is 0 Å². The van der Waals surface area contributed by atoms with Gasteiger partial charge in [0.15, 0.2) is 0 Å². The molecule has 2 aromatic rings. The normalized spacial score (nSPS) is 16.6. The molecular formula is C15H17N3O2. The highest BCUT2D eigenvalue weighted by Gasteiger charge is 2.29. The maximum absolute atomic E-state index is 11.3. The van der Waals surface area contributed by atoms with Crippen LogP contribution in [0.2, 0.25) is 0 Å². The molecular weight excluding hydrogens is 254 g/mol. The summed E-state index contributed by atoms with van der Waals surface area (Å²) < 4.78 is 5.44. The summed E-state index contributed by atoms with van der Waals surface area (Å²) in [5.41, 5.74) is 8.35. The van der Waals surface area contributed by atoms with Gasteiger partial charge in [0.25, 0.3) is 0 Å². The molecule has 104 valence electrons. The number of rotatable bonds is 3. The number of nitrogens with two attached hydrogens (primary N) is 1. The Balaban J connectivity index is 1.92. The molecule has 2 N–H and O–H groups in total. The van der Waals surface area contributed by atoms with Gasteiger partial charge >= 0.3 is 0 Å². The summed E-state index contributed by atoms with van der Waals surface area (Å²) in [5, 5.41) is 4.19. The van der Waals surface area contributed by atoms with Crippen molar-refractivity contribution in [1.82, 2.24) is 10.1 Å². The number of fused-ring (bicyclic) bond motifs is 1. The largest absolute Gasteiger partial charge is 0.368 e. The molecule has 2 heterocycles. The van der Waals surface area contributed by atoms with Crippen molar-refractivity contribution in [2.24, 2.45) is 5.73 Å². The molecule has 0 fully saturated rings. The number of hydrogen-bond donors (Lipinski definition) is 1. The quantitative estimate of drug-likeness (QED) is 0.919. The Bertz CT molecular complexity index is 621. The monoisotopic (exact) mass is 271 g/mol. The summed E-state index contributed by atoms with van der Waals surface area (Å²) in [4.78, 5) is 13.4. The van der Waals surface area contributed by atoms with Gasteiger partial charge in [0, 0.05) is 30.6 Å². The van der Waals surface area contributed by atoms with Crippen molar-refractivity contribution in [3.05, 3.63) is 41.7 Å². The Hall–Kier alpha value is -2.14. The average Bonchev–Trinajstić information content (AvgIpc) is 2.90. The Labute approximate surface area is 117 Å². The minimum absolute atomic E-state index is 0.276. The van der Waals surface area contributed by atoms with E-state index >= 15 is 0 Å². The first-order valence-electron chi connectivity index (χ1n) is 6.73. The van der Waals surface area contributed by atoms with E-state index in [0.29, 0.717) is 6.54 Å². The lowest BCUT2D eigenvalue weighted by Crippen LogP contribution is -2.44. The van der Waals surface area contributed by atoms with Gasteiger partial charge in [0.1, 0.15) is 11.5 Å². The number of aromatic nitrogens is 1. The molecule has 1 aromatic heterocycles. The molecule has 1 aliphatic heterocycles. The molecule has 0 aliphatic carbocycles. The molecule has 0 unspecified atom stereocenters. The highest BCUT2D eigenvalue weighted by Crippen LogP contribution is 2.30. The fourth-order valence-corrected chi connectivity index (χ4v) is 2.56. The number of amides is 1. The fourth-order valence-electron chi connectivity index (χ4n) is 2.56. The summed E-state index contributed by atoms with van der Waals surface area (Å²) in [7, 11) is 0. The molecule has 1 atom stereocenters. The van der Waals surface area contributed by atoms with Crippen LogP contribution in [0.25, 0.3) is 11.3 Å².